The number of nitrogens with zero attached hydrogens (tertiary/aromatic N) is 10. The summed E-state index contributed by atoms with van der Waals surface area (Å²) in [7, 11) is -3.73. The lowest BCUT2D eigenvalue weighted by Gasteiger charge is -2.33. The van der Waals surface area contributed by atoms with Crippen LogP contribution in [0.5, 0.6) is 11.5 Å². The largest absolute Gasteiger partial charge is 0.496 e. The molecule has 442 valence electrons. The predicted octanol–water partition coefficient (Wildman–Crippen LogP) is 11.4. The summed E-state index contributed by atoms with van der Waals surface area (Å²) in [6.07, 6.45) is 15.7. The summed E-state index contributed by atoms with van der Waals surface area (Å²) in [4.78, 5) is 48.2. The van der Waals surface area contributed by atoms with E-state index in [-0.39, 0.29) is 41.5 Å². The topological polar surface area (TPSA) is 257 Å². The van der Waals surface area contributed by atoms with Crippen LogP contribution in [0, 0.1) is 6.92 Å². The Morgan fingerprint density at radius 3 is 1.54 bits per heavy atom. The molecule has 0 spiro atoms. The lowest BCUT2D eigenvalue weighted by atomic mass is 10.0. The summed E-state index contributed by atoms with van der Waals surface area (Å²) in [5.74, 6) is 1.72. The quantitative estimate of drug-likeness (QED) is 0.115. The lowest BCUT2D eigenvalue weighted by Crippen LogP contribution is -2.42. The van der Waals surface area contributed by atoms with E-state index in [1.165, 1.54) is 32.8 Å². The van der Waals surface area contributed by atoms with E-state index in [2.05, 4.69) is 30.8 Å². The zero-order valence-corrected chi connectivity index (χ0v) is 50.2. The van der Waals surface area contributed by atoms with Crippen LogP contribution in [-0.2, 0) is 29.1 Å². The third kappa shape index (κ3) is 14.7. The molecule has 83 heavy (non-hydrogen) atoms. The van der Waals surface area contributed by atoms with Crippen molar-refractivity contribution in [1.82, 2.24) is 49.3 Å². The molecule has 2 aliphatic rings. The highest BCUT2D eigenvalue weighted by Crippen LogP contribution is 2.43. The molecule has 22 nitrogen and oxygen atoms in total. The van der Waals surface area contributed by atoms with Crippen LogP contribution in [-0.4, -0.2) is 142 Å². The van der Waals surface area contributed by atoms with E-state index in [9.17, 15) is 26.4 Å². The van der Waals surface area contributed by atoms with Gasteiger partial charge in [-0.2, -0.15) is 10.2 Å². The summed E-state index contributed by atoms with van der Waals surface area (Å²) < 4.78 is 75.1. The Labute approximate surface area is 488 Å². The van der Waals surface area contributed by atoms with Gasteiger partial charge in [-0.05, 0) is 111 Å². The van der Waals surface area contributed by atoms with Crippen LogP contribution < -0.4 is 20.1 Å². The van der Waals surface area contributed by atoms with Crippen LogP contribution in [0.15, 0.2) is 102 Å². The fourth-order valence-electron chi connectivity index (χ4n) is 9.69. The van der Waals surface area contributed by atoms with Crippen molar-refractivity contribution in [2.45, 2.75) is 115 Å². The minimum absolute atomic E-state index is 0. The van der Waals surface area contributed by atoms with Gasteiger partial charge in [0.2, 0.25) is 11.9 Å². The first-order valence-electron chi connectivity index (χ1n) is 26.6. The number of piperidine rings is 2. The maximum Gasteiger partial charge on any atom is 0.410 e. The second kappa shape index (κ2) is 24.5. The van der Waals surface area contributed by atoms with E-state index in [1.54, 1.807) is 76.3 Å². The van der Waals surface area contributed by atoms with Crippen molar-refractivity contribution in [3.63, 3.8) is 0 Å². The molecule has 2 saturated heterocycles. The molecule has 5 aromatic heterocycles. The van der Waals surface area contributed by atoms with Gasteiger partial charge in [0, 0.05) is 89.8 Å². The average molecular weight is 1190 g/mol. The van der Waals surface area contributed by atoms with Gasteiger partial charge in [-0.25, -0.2) is 46.4 Å². The number of anilines is 4. The number of carbonyl (C=O) groups is 2. The Morgan fingerprint density at radius 2 is 1.07 bits per heavy atom. The first-order chi connectivity index (χ1) is 38.7. The Hall–Kier alpha value is -7.90. The van der Waals surface area contributed by atoms with Crippen LogP contribution in [0.25, 0.3) is 43.4 Å². The number of aryl methyl sites for hydroxylation is 1. The smallest absolute Gasteiger partial charge is 0.410 e. The van der Waals surface area contributed by atoms with Crippen LogP contribution in [0.2, 0.25) is 0 Å². The van der Waals surface area contributed by atoms with Gasteiger partial charge >= 0.3 is 12.2 Å². The minimum Gasteiger partial charge on any atom is -0.496 e. The average Bonchev–Trinajstić information content (AvgIpc) is 3.19. The van der Waals surface area contributed by atoms with E-state index in [0.29, 0.717) is 55.1 Å². The third-order valence-electron chi connectivity index (χ3n) is 13.7. The number of aromatic nitrogens is 8. The number of nitrogens with one attached hydrogen (secondary N) is 2. The maximum absolute atomic E-state index is 12.4. The number of ether oxygens (including phenoxy) is 4. The van der Waals surface area contributed by atoms with Crippen LogP contribution in [0.1, 0.15) is 91.6 Å². The third-order valence-corrected chi connectivity index (χ3v) is 16.9. The first-order valence-corrected chi connectivity index (χ1v) is 31.2. The molecule has 0 aliphatic carbocycles. The standard InChI is InChI=1S/C29H34N6O5S.C28H34N6O5S2.CH4/c1-29(2,3)40-28(36)34-13-11-21(12-14-34)35-18-20(17-31-35)32-27-30-16-19-7-6-8-24(26(19)33-27)23-10-9-22(41(5,37)38)15-25(23)39-4;1-17-24(21-8-7-20(41(6,36)37)13-22(21)38-5)25-23(40-17)15-29-26(32-25)31-18-14-30-34(16-18)19-9-11-33(12-10-19)27(35)39-28(2,3)4;/h6-10,15-18,21H,11-14H2,1-5H3,(H,30,32,33);7-8,13-16,19H,9-12H2,1-6H3,(H,29,31,32);1H4. The Kier molecular flexibility index (Phi) is 18.1. The fourth-order valence-corrected chi connectivity index (χ4v) is 12.0. The van der Waals surface area contributed by atoms with E-state index in [0.717, 1.165) is 79.8 Å². The second-order valence-corrected chi connectivity index (χ2v) is 27.5. The van der Waals surface area contributed by atoms with E-state index in [1.807, 2.05) is 88.4 Å². The van der Waals surface area contributed by atoms with Gasteiger partial charge in [-0.1, -0.05) is 25.6 Å². The van der Waals surface area contributed by atoms with Crippen molar-refractivity contribution >= 4 is 87.6 Å². The van der Waals surface area contributed by atoms with Crippen molar-refractivity contribution < 1.29 is 45.4 Å². The molecule has 2 N–H and O–H groups in total. The molecule has 0 bridgehead atoms. The predicted molar refractivity (Wildman–Crippen MR) is 322 cm³/mol. The second-order valence-electron chi connectivity index (χ2n) is 22.2. The maximum atomic E-state index is 12.4. The molecule has 8 aromatic rings. The summed E-state index contributed by atoms with van der Waals surface area (Å²) in [5.41, 5.74) is 5.05. The summed E-state index contributed by atoms with van der Waals surface area (Å²) in [6, 6.07) is 15.8. The number of fused-ring (bicyclic) bond motifs is 2. The molecule has 0 unspecified atom stereocenters. The highest BCUT2D eigenvalue weighted by atomic mass is 32.2. The van der Waals surface area contributed by atoms with Gasteiger partial charge < -0.3 is 39.4 Å². The molecule has 2 fully saturated rings. The number of amides is 2. The van der Waals surface area contributed by atoms with E-state index >= 15 is 0 Å². The number of para-hydroxylation sites is 1. The van der Waals surface area contributed by atoms with Crippen LogP contribution >= 0.6 is 11.3 Å². The zero-order valence-electron chi connectivity index (χ0n) is 47.8. The molecule has 3 aromatic carbocycles. The number of hydrogen-bond acceptors (Lipinski definition) is 19. The first kappa shape index (κ1) is 61.2. The van der Waals surface area contributed by atoms with Crippen molar-refractivity contribution in [2.24, 2.45) is 0 Å². The fraction of sp³-hybridized carbons (Fsp3) is 0.414. The number of methoxy groups -OCH3 is 2. The van der Waals surface area contributed by atoms with E-state index in [4.69, 9.17) is 28.9 Å². The summed E-state index contributed by atoms with van der Waals surface area (Å²) in [6.45, 7) is 15.6. The summed E-state index contributed by atoms with van der Waals surface area (Å²) in [5, 5.41) is 16.4. The van der Waals surface area contributed by atoms with Crippen molar-refractivity contribution in [1.29, 1.82) is 0 Å². The number of thiophene rings is 1. The number of benzene rings is 3. The van der Waals surface area contributed by atoms with Crippen LogP contribution in [0.4, 0.5) is 32.9 Å². The van der Waals surface area contributed by atoms with Gasteiger partial charge in [-0.3, -0.25) is 9.36 Å². The summed E-state index contributed by atoms with van der Waals surface area (Å²) >= 11 is 1.57. The van der Waals surface area contributed by atoms with Gasteiger partial charge in [0.1, 0.15) is 22.7 Å². The monoisotopic (exact) mass is 1190 g/mol. The van der Waals surface area contributed by atoms with Gasteiger partial charge in [0.15, 0.2) is 19.7 Å². The van der Waals surface area contributed by atoms with Gasteiger partial charge in [0.25, 0.3) is 0 Å². The highest BCUT2D eigenvalue weighted by molar-refractivity contribution is 7.91. The highest BCUT2D eigenvalue weighted by Gasteiger charge is 2.30. The Morgan fingerprint density at radius 1 is 0.614 bits per heavy atom. The Bertz CT molecular complexity index is 3890. The minimum atomic E-state index is -3.38. The molecule has 7 heterocycles. The lowest BCUT2D eigenvalue weighted by molar-refractivity contribution is 0.0174. The van der Waals surface area contributed by atoms with Gasteiger partial charge in [-0.15, -0.1) is 11.3 Å². The molecule has 25 heteroatoms. The van der Waals surface area contributed by atoms with Crippen molar-refractivity contribution in [3.05, 3.63) is 96.7 Å². The molecule has 2 amide bonds. The van der Waals surface area contributed by atoms with Crippen molar-refractivity contribution in [2.75, 3.05) is 63.5 Å². The van der Waals surface area contributed by atoms with Gasteiger partial charge in [0.05, 0.1) is 81.8 Å². The zero-order chi connectivity index (χ0) is 58.9. The number of sulfone groups is 2. The molecule has 2 aliphatic heterocycles. The Balaban J connectivity index is 0.000000214. The number of rotatable bonds is 12. The molecular formula is C58H72N12O10S3. The SMILES string of the molecule is C.COc1cc(S(C)(=O)=O)ccc1-c1c(C)sc2cnc(Nc3cnn(C4CCN(C(=O)OC(C)(C)C)CC4)c3)nc12.COc1cc(S(C)(=O)=O)ccc1-c1cccc2cnc(Nc3cnn(C4CCN(C(=O)OC(C)(C)C)CC4)c3)nc12. The molecule has 0 atom stereocenters. The van der Waals surface area contributed by atoms with E-state index < -0.39 is 30.9 Å². The molecule has 0 saturated carbocycles. The molecule has 0 radical (unpaired) electrons. The number of likely N-dealkylation sites (tertiary alicyclic amines) is 2. The normalized spacial score (nSPS) is 14.6. The van der Waals surface area contributed by atoms with Crippen LogP contribution in [0.3, 0.4) is 0 Å². The van der Waals surface area contributed by atoms with Crippen molar-refractivity contribution in [3.8, 4) is 33.8 Å². The molecular weight excluding hydrogens is 1120 g/mol. The number of carbonyl (C=O) groups excluding carboxylic acids is 2. The number of hydrogen-bond donors (Lipinski definition) is 2. The molecule has 10 rings (SSSR count).